The molecule has 25 heavy (non-hydrogen) atoms. The van der Waals surface area contributed by atoms with Gasteiger partial charge >= 0.3 is 0 Å². The second kappa shape index (κ2) is 7.34. The highest BCUT2D eigenvalue weighted by atomic mass is 16.5. The fraction of sp³-hybridized carbons (Fsp3) is 0.316. The van der Waals surface area contributed by atoms with Gasteiger partial charge in [0.1, 0.15) is 11.4 Å². The monoisotopic (exact) mass is 338 g/mol. The van der Waals surface area contributed by atoms with Crippen LogP contribution in [0.1, 0.15) is 30.8 Å². The van der Waals surface area contributed by atoms with Crippen molar-refractivity contribution in [2.75, 3.05) is 18.6 Å². The minimum absolute atomic E-state index is 0.0954. The lowest BCUT2D eigenvalue weighted by Gasteiger charge is -2.24. The summed E-state index contributed by atoms with van der Waals surface area (Å²) in [6.07, 6.45) is 4.19. The summed E-state index contributed by atoms with van der Waals surface area (Å²) in [7, 11) is 1.63. The molecule has 2 aromatic heterocycles. The average Bonchev–Trinajstić information content (AvgIpc) is 3.10. The van der Waals surface area contributed by atoms with Crippen molar-refractivity contribution in [1.82, 2.24) is 14.6 Å². The number of hydrogen-bond donors (Lipinski definition) is 0. The Hall–Kier alpha value is -2.89. The molecule has 2 heterocycles. The molecule has 0 N–H and O–H groups in total. The van der Waals surface area contributed by atoms with E-state index in [-0.39, 0.29) is 5.91 Å². The Balaban J connectivity index is 1.97. The highest BCUT2D eigenvalue weighted by molar-refractivity contribution is 6.05. The summed E-state index contributed by atoms with van der Waals surface area (Å²) in [5.41, 5.74) is 1.99. The maximum absolute atomic E-state index is 13.2. The number of methoxy groups -OCH3 is 1. The van der Waals surface area contributed by atoms with Gasteiger partial charge in [0.05, 0.1) is 13.3 Å². The van der Waals surface area contributed by atoms with Crippen molar-refractivity contribution in [3.8, 4) is 5.75 Å². The van der Waals surface area contributed by atoms with E-state index in [1.165, 1.54) is 0 Å². The standard InChI is InChI=1S/C19H22N4O2/c1-14(2)10-13-22(15-4-6-16(25-3)7-5-15)19(24)17-8-11-20-18-9-12-21-23(17)18/h4-9,11-12,14H,10,13H2,1-3H3. The van der Waals surface area contributed by atoms with E-state index >= 15 is 0 Å². The van der Waals surface area contributed by atoms with Crippen LogP contribution in [0, 0.1) is 5.92 Å². The van der Waals surface area contributed by atoms with Gasteiger partial charge in [0.2, 0.25) is 0 Å². The lowest BCUT2D eigenvalue weighted by atomic mass is 10.1. The number of aromatic nitrogens is 3. The maximum Gasteiger partial charge on any atom is 0.277 e. The number of ether oxygens (including phenoxy) is 1. The Kier molecular flexibility index (Phi) is 4.97. The number of benzene rings is 1. The van der Waals surface area contributed by atoms with Crippen molar-refractivity contribution in [2.45, 2.75) is 20.3 Å². The van der Waals surface area contributed by atoms with Crippen LogP contribution < -0.4 is 9.64 Å². The van der Waals surface area contributed by atoms with Gasteiger partial charge in [-0.3, -0.25) is 4.79 Å². The molecule has 0 aliphatic heterocycles. The minimum Gasteiger partial charge on any atom is -0.497 e. The van der Waals surface area contributed by atoms with Crippen LogP contribution in [0.5, 0.6) is 5.75 Å². The van der Waals surface area contributed by atoms with Crippen molar-refractivity contribution in [3.05, 3.63) is 54.5 Å². The van der Waals surface area contributed by atoms with Gasteiger partial charge in [-0.05, 0) is 42.7 Å². The van der Waals surface area contributed by atoms with Crippen LogP contribution in [-0.2, 0) is 0 Å². The molecule has 0 fully saturated rings. The second-order valence-electron chi connectivity index (χ2n) is 6.27. The Morgan fingerprint density at radius 3 is 2.60 bits per heavy atom. The number of anilines is 1. The van der Waals surface area contributed by atoms with Crippen molar-refractivity contribution >= 4 is 17.2 Å². The minimum atomic E-state index is -0.0954. The molecular formula is C19H22N4O2. The number of carbonyl (C=O) groups is 1. The van der Waals surface area contributed by atoms with Crippen LogP contribution in [0.25, 0.3) is 5.65 Å². The fourth-order valence-electron chi connectivity index (χ4n) is 2.63. The molecule has 0 unspecified atom stereocenters. The number of fused-ring (bicyclic) bond motifs is 1. The number of nitrogens with zero attached hydrogens (tertiary/aromatic N) is 4. The first-order valence-electron chi connectivity index (χ1n) is 8.35. The molecule has 6 nitrogen and oxygen atoms in total. The molecule has 0 atom stereocenters. The Morgan fingerprint density at radius 2 is 1.92 bits per heavy atom. The molecule has 0 saturated carbocycles. The highest BCUT2D eigenvalue weighted by Crippen LogP contribution is 2.22. The first-order valence-corrected chi connectivity index (χ1v) is 8.35. The van der Waals surface area contributed by atoms with Crippen LogP contribution in [0.15, 0.2) is 48.8 Å². The van der Waals surface area contributed by atoms with Gasteiger partial charge in [-0.2, -0.15) is 5.10 Å². The van der Waals surface area contributed by atoms with E-state index in [1.54, 1.807) is 41.1 Å². The third-order valence-corrected chi connectivity index (χ3v) is 4.07. The van der Waals surface area contributed by atoms with Crippen LogP contribution >= 0.6 is 0 Å². The van der Waals surface area contributed by atoms with E-state index in [0.29, 0.717) is 23.8 Å². The van der Waals surface area contributed by atoms with E-state index in [1.807, 2.05) is 24.3 Å². The van der Waals surface area contributed by atoms with Crippen LogP contribution in [0.2, 0.25) is 0 Å². The van der Waals surface area contributed by atoms with Gasteiger partial charge in [-0.1, -0.05) is 13.8 Å². The third-order valence-electron chi connectivity index (χ3n) is 4.07. The molecule has 0 aliphatic rings. The van der Waals surface area contributed by atoms with Crippen molar-refractivity contribution < 1.29 is 9.53 Å². The van der Waals surface area contributed by atoms with E-state index in [4.69, 9.17) is 4.74 Å². The second-order valence-corrected chi connectivity index (χ2v) is 6.27. The summed E-state index contributed by atoms with van der Waals surface area (Å²) in [6, 6.07) is 11.0. The molecule has 0 aliphatic carbocycles. The molecule has 130 valence electrons. The van der Waals surface area contributed by atoms with Crippen molar-refractivity contribution in [3.63, 3.8) is 0 Å². The van der Waals surface area contributed by atoms with Gasteiger partial charge < -0.3 is 9.64 Å². The molecule has 1 amide bonds. The average molecular weight is 338 g/mol. The smallest absolute Gasteiger partial charge is 0.277 e. The summed E-state index contributed by atoms with van der Waals surface area (Å²) in [6.45, 7) is 4.93. The van der Waals surface area contributed by atoms with Gasteiger partial charge in [-0.25, -0.2) is 9.50 Å². The summed E-state index contributed by atoms with van der Waals surface area (Å²) in [5.74, 6) is 1.16. The summed E-state index contributed by atoms with van der Waals surface area (Å²) in [5, 5.41) is 4.23. The zero-order chi connectivity index (χ0) is 17.8. The van der Waals surface area contributed by atoms with Gasteiger partial charge in [0.15, 0.2) is 5.65 Å². The fourth-order valence-corrected chi connectivity index (χ4v) is 2.63. The Labute approximate surface area is 147 Å². The van der Waals surface area contributed by atoms with E-state index in [0.717, 1.165) is 17.9 Å². The number of rotatable bonds is 6. The molecule has 0 bridgehead atoms. The number of carbonyl (C=O) groups excluding carboxylic acids is 1. The quantitative estimate of drug-likeness (QED) is 0.691. The summed E-state index contributed by atoms with van der Waals surface area (Å²) in [4.78, 5) is 19.2. The molecule has 3 aromatic rings. The van der Waals surface area contributed by atoms with Crippen molar-refractivity contribution in [1.29, 1.82) is 0 Å². The summed E-state index contributed by atoms with van der Waals surface area (Å²) >= 11 is 0. The van der Waals surface area contributed by atoms with E-state index < -0.39 is 0 Å². The first-order chi connectivity index (χ1) is 12.1. The molecule has 0 saturated heterocycles. The topological polar surface area (TPSA) is 59.7 Å². The van der Waals surface area contributed by atoms with Gasteiger partial charge in [0, 0.05) is 24.5 Å². The third kappa shape index (κ3) is 3.63. The summed E-state index contributed by atoms with van der Waals surface area (Å²) < 4.78 is 6.79. The predicted octanol–water partition coefficient (Wildman–Crippen LogP) is 3.43. The number of amides is 1. The largest absolute Gasteiger partial charge is 0.497 e. The lowest BCUT2D eigenvalue weighted by Crippen LogP contribution is -2.34. The highest BCUT2D eigenvalue weighted by Gasteiger charge is 2.21. The van der Waals surface area contributed by atoms with Gasteiger partial charge in [0.25, 0.3) is 5.91 Å². The zero-order valence-corrected chi connectivity index (χ0v) is 14.7. The van der Waals surface area contributed by atoms with Crippen LogP contribution in [-0.4, -0.2) is 34.2 Å². The predicted molar refractivity (Wildman–Crippen MR) is 97.1 cm³/mol. The Bertz CT molecular complexity index is 855. The van der Waals surface area contributed by atoms with E-state index in [2.05, 4.69) is 23.9 Å². The lowest BCUT2D eigenvalue weighted by molar-refractivity contribution is 0.0978. The first kappa shape index (κ1) is 17.0. The van der Waals surface area contributed by atoms with E-state index in [9.17, 15) is 4.79 Å². The van der Waals surface area contributed by atoms with Crippen LogP contribution in [0.3, 0.4) is 0 Å². The molecule has 6 heteroatoms. The zero-order valence-electron chi connectivity index (χ0n) is 14.7. The van der Waals surface area contributed by atoms with Crippen LogP contribution in [0.4, 0.5) is 5.69 Å². The SMILES string of the molecule is COc1ccc(N(CCC(C)C)C(=O)c2ccnc3ccnn23)cc1. The molecule has 0 spiro atoms. The molecule has 0 radical (unpaired) electrons. The molecule has 3 rings (SSSR count). The maximum atomic E-state index is 13.2. The molecule has 1 aromatic carbocycles. The molecular weight excluding hydrogens is 316 g/mol. The van der Waals surface area contributed by atoms with Gasteiger partial charge in [-0.15, -0.1) is 0 Å². The van der Waals surface area contributed by atoms with Crippen molar-refractivity contribution in [2.24, 2.45) is 5.92 Å². The normalized spacial score (nSPS) is 11.0. The number of hydrogen-bond acceptors (Lipinski definition) is 4. The Morgan fingerprint density at radius 1 is 1.16 bits per heavy atom.